The average Bonchev–Trinajstić information content (AvgIpc) is 2.61. The molecule has 0 aromatic carbocycles. The zero-order chi connectivity index (χ0) is 16.8. The lowest BCUT2D eigenvalue weighted by atomic mass is 10.0. The topological polar surface area (TPSA) is 24.9 Å². The van der Waals surface area contributed by atoms with E-state index < -0.39 is 0 Å². The second-order valence-corrected chi connectivity index (χ2v) is 8.25. The number of hydrogen-bond acceptors (Lipinski definition) is 4. The Morgan fingerprint density at radius 3 is 1.79 bits per heavy atom. The molecule has 4 nitrogen and oxygen atoms in total. The van der Waals surface area contributed by atoms with Crippen LogP contribution < -0.4 is 0 Å². The Balaban J connectivity index is 1.38. The van der Waals surface area contributed by atoms with Crippen molar-refractivity contribution in [3.8, 4) is 0 Å². The Hall–Kier alpha value is -0.160. The maximum atomic E-state index is 5.92. The predicted octanol–water partition coefficient (Wildman–Crippen LogP) is 3.30. The highest BCUT2D eigenvalue weighted by atomic mass is 16.5. The first-order chi connectivity index (χ1) is 11.7. The van der Waals surface area contributed by atoms with E-state index >= 15 is 0 Å². The van der Waals surface area contributed by atoms with Crippen LogP contribution in [0.5, 0.6) is 0 Å². The Bertz CT molecular complexity index is 342. The van der Waals surface area contributed by atoms with Crippen molar-refractivity contribution in [3.05, 3.63) is 0 Å². The predicted molar refractivity (Wildman–Crippen MR) is 98.5 cm³/mol. The minimum Gasteiger partial charge on any atom is -0.378 e. The molecule has 0 aliphatic carbocycles. The fourth-order valence-electron chi connectivity index (χ4n) is 4.78. The van der Waals surface area contributed by atoms with Gasteiger partial charge in [0.25, 0.3) is 0 Å². The lowest BCUT2D eigenvalue weighted by Crippen LogP contribution is -2.57. The number of ether oxygens (including phenoxy) is 2. The first-order valence-corrected chi connectivity index (χ1v) is 10.4. The summed E-state index contributed by atoms with van der Waals surface area (Å²) in [5, 5.41) is 0. The molecule has 3 heterocycles. The van der Waals surface area contributed by atoms with Crippen LogP contribution in [0.3, 0.4) is 0 Å². The van der Waals surface area contributed by atoms with E-state index in [1.165, 1.54) is 77.5 Å². The van der Waals surface area contributed by atoms with Crippen LogP contribution in [0.4, 0.5) is 0 Å². The third kappa shape index (κ3) is 5.42. The molecule has 3 aliphatic heterocycles. The summed E-state index contributed by atoms with van der Waals surface area (Å²) in [5.74, 6) is 0. The van der Waals surface area contributed by atoms with E-state index in [0.717, 1.165) is 13.2 Å². The molecule has 24 heavy (non-hydrogen) atoms. The van der Waals surface area contributed by atoms with Gasteiger partial charge in [0.05, 0.1) is 12.2 Å². The van der Waals surface area contributed by atoms with Gasteiger partial charge in [0.1, 0.15) is 0 Å². The first kappa shape index (κ1) is 18.6. The standard InChI is InChI=1S/C20H38N2O2/c1-17-15-21(11-9-19-7-3-5-13-23-19)16-18(2)22(17)12-10-20-8-4-6-14-24-20/h17-20H,3-16H2,1-2H3/t17-,18+,19-,20-/m1/s1. The fourth-order valence-corrected chi connectivity index (χ4v) is 4.78. The molecule has 0 bridgehead atoms. The van der Waals surface area contributed by atoms with Gasteiger partial charge in [-0.15, -0.1) is 0 Å². The van der Waals surface area contributed by atoms with Crippen LogP contribution >= 0.6 is 0 Å². The molecule has 0 spiro atoms. The minimum atomic E-state index is 0.514. The van der Waals surface area contributed by atoms with Crippen molar-refractivity contribution in [2.24, 2.45) is 0 Å². The van der Waals surface area contributed by atoms with Crippen molar-refractivity contribution in [1.29, 1.82) is 0 Å². The first-order valence-electron chi connectivity index (χ1n) is 10.4. The van der Waals surface area contributed by atoms with Crippen LogP contribution in [0.2, 0.25) is 0 Å². The normalized spacial score (nSPS) is 36.8. The monoisotopic (exact) mass is 338 g/mol. The molecule has 0 N–H and O–H groups in total. The highest BCUT2D eigenvalue weighted by molar-refractivity contribution is 4.86. The lowest BCUT2D eigenvalue weighted by Gasteiger charge is -2.45. The SMILES string of the molecule is C[C@@H]1CN(CC[C@H]2CCCCO2)C[C@H](C)N1CC[C@H]1CCCCO1. The second kappa shape index (κ2) is 9.51. The van der Waals surface area contributed by atoms with Crippen molar-refractivity contribution in [3.63, 3.8) is 0 Å². The van der Waals surface area contributed by atoms with Gasteiger partial charge in [0.15, 0.2) is 0 Å². The van der Waals surface area contributed by atoms with E-state index in [1.807, 2.05) is 0 Å². The largest absolute Gasteiger partial charge is 0.378 e. The maximum absolute atomic E-state index is 5.92. The van der Waals surface area contributed by atoms with Gasteiger partial charge in [0, 0.05) is 51.5 Å². The highest BCUT2D eigenvalue weighted by Crippen LogP contribution is 2.22. The fraction of sp³-hybridized carbons (Fsp3) is 1.00. The van der Waals surface area contributed by atoms with E-state index in [0.29, 0.717) is 24.3 Å². The van der Waals surface area contributed by atoms with E-state index in [9.17, 15) is 0 Å². The van der Waals surface area contributed by atoms with Crippen molar-refractivity contribution in [1.82, 2.24) is 9.80 Å². The molecule has 4 heteroatoms. The molecular weight excluding hydrogens is 300 g/mol. The molecule has 0 saturated carbocycles. The zero-order valence-corrected chi connectivity index (χ0v) is 15.9. The van der Waals surface area contributed by atoms with Crippen LogP contribution in [-0.2, 0) is 9.47 Å². The van der Waals surface area contributed by atoms with Gasteiger partial charge in [0.2, 0.25) is 0 Å². The summed E-state index contributed by atoms with van der Waals surface area (Å²) >= 11 is 0. The third-order valence-corrected chi connectivity index (χ3v) is 6.20. The van der Waals surface area contributed by atoms with Crippen molar-refractivity contribution in [2.75, 3.05) is 39.4 Å². The van der Waals surface area contributed by atoms with E-state index in [2.05, 4.69) is 23.6 Å². The summed E-state index contributed by atoms with van der Waals surface area (Å²) in [4.78, 5) is 5.38. The molecule has 4 atom stereocenters. The average molecular weight is 339 g/mol. The van der Waals surface area contributed by atoms with Crippen molar-refractivity contribution in [2.45, 2.75) is 89.5 Å². The highest BCUT2D eigenvalue weighted by Gasteiger charge is 2.30. The summed E-state index contributed by atoms with van der Waals surface area (Å²) in [7, 11) is 0. The third-order valence-electron chi connectivity index (χ3n) is 6.20. The summed E-state index contributed by atoms with van der Waals surface area (Å²) in [6.07, 6.45) is 11.2. The smallest absolute Gasteiger partial charge is 0.0587 e. The van der Waals surface area contributed by atoms with E-state index in [-0.39, 0.29) is 0 Å². The van der Waals surface area contributed by atoms with Crippen LogP contribution in [-0.4, -0.2) is 73.5 Å². The van der Waals surface area contributed by atoms with E-state index in [1.54, 1.807) is 0 Å². The summed E-state index contributed by atoms with van der Waals surface area (Å²) in [6, 6.07) is 1.31. The molecular formula is C20H38N2O2. The number of piperazine rings is 1. The Labute approximate surface area is 148 Å². The molecule has 140 valence electrons. The Morgan fingerprint density at radius 2 is 1.29 bits per heavy atom. The second-order valence-electron chi connectivity index (χ2n) is 8.25. The van der Waals surface area contributed by atoms with Crippen LogP contribution in [0.1, 0.15) is 65.2 Å². The van der Waals surface area contributed by atoms with Gasteiger partial charge < -0.3 is 14.4 Å². The maximum Gasteiger partial charge on any atom is 0.0587 e. The van der Waals surface area contributed by atoms with Gasteiger partial charge in [-0.2, -0.15) is 0 Å². The summed E-state index contributed by atoms with van der Waals surface area (Å²) in [6.45, 7) is 11.6. The minimum absolute atomic E-state index is 0.514. The van der Waals surface area contributed by atoms with E-state index in [4.69, 9.17) is 9.47 Å². The number of rotatable bonds is 6. The Kier molecular flexibility index (Phi) is 7.38. The van der Waals surface area contributed by atoms with Crippen molar-refractivity contribution < 1.29 is 9.47 Å². The van der Waals surface area contributed by atoms with Gasteiger partial charge in [-0.25, -0.2) is 0 Å². The molecule has 0 radical (unpaired) electrons. The van der Waals surface area contributed by atoms with Gasteiger partial charge in [-0.3, -0.25) is 4.90 Å². The molecule has 3 fully saturated rings. The van der Waals surface area contributed by atoms with Crippen molar-refractivity contribution >= 4 is 0 Å². The Morgan fingerprint density at radius 1 is 0.750 bits per heavy atom. The van der Waals surface area contributed by atoms with Crippen LogP contribution in [0.25, 0.3) is 0 Å². The lowest BCUT2D eigenvalue weighted by molar-refractivity contribution is -0.0212. The summed E-state index contributed by atoms with van der Waals surface area (Å²) in [5.41, 5.74) is 0. The zero-order valence-electron chi connectivity index (χ0n) is 15.9. The van der Waals surface area contributed by atoms with Crippen LogP contribution in [0, 0.1) is 0 Å². The quantitative estimate of drug-likeness (QED) is 0.742. The van der Waals surface area contributed by atoms with Gasteiger partial charge in [-0.1, -0.05) is 0 Å². The van der Waals surface area contributed by atoms with Gasteiger partial charge >= 0.3 is 0 Å². The summed E-state index contributed by atoms with van der Waals surface area (Å²) < 4.78 is 11.8. The molecule has 0 amide bonds. The molecule has 3 aliphatic rings. The molecule has 0 aromatic heterocycles. The molecule has 3 saturated heterocycles. The molecule has 0 unspecified atom stereocenters. The molecule has 3 rings (SSSR count). The molecule has 0 aromatic rings. The number of hydrogen-bond donors (Lipinski definition) is 0. The van der Waals surface area contributed by atoms with Gasteiger partial charge in [-0.05, 0) is 65.2 Å². The number of nitrogens with zero attached hydrogens (tertiary/aromatic N) is 2. The van der Waals surface area contributed by atoms with Crippen LogP contribution in [0.15, 0.2) is 0 Å².